The van der Waals surface area contributed by atoms with Crippen molar-refractivity contribution in [1.82, 2.24) is 20.1 Å². The Morgan fingerprint density at radius 1 is 1.08 bits per heavy atom. The number of piperazine rings is 1. The van der Waals surface area contributed by atoms with Gasteiger partial charge >= 0.3 is 0 Å². The van der Waals surface area contributed by atoms with Crippen LogP contribution in [0, 0.1) is 5.92 Å². The molecule has 0 spiro atoms. The van der Waals surface area contributed by atoms with Crippen LogP contribution in [0.2, 0.25) is 0 Å². The number of rotatable bonds is 7. The largest absolute Gasteiger partial charge is 0.497 e. The first-order chi connectivity index (χ1) is 18.0. The number of nitrogens with one attached hydrogen (secondary N) is 1. The molecule has 194 valence electrons. The predicted molar refractivity (Wildman–Crippen MR) is 151 cm³/mol. The van der Waals surface area contributed by atoms with Gasteiger partial charge in [0.1, 0.15) is 5.75 Å². The molecule has 37 heavy (non-hydrogen) atoms. The second-order valence-electron chi connectivity index (χ2n) is 10.5. The molecule has 2 aliphatic rings. The molecule has 1 saturated heterocycles. The highest BCUT2D eigenvalue weighted by Crippen LogP contribution is 2.38. The lowest BCUT2D eigenvalue weighted by Gasteiger charge is -2.32. The molecule has 0 bridgehead atoms. The smallest absolute Gasteiger partial charge is 0.252 e. The summed E-state index contributed by atoms with van der Waals surface area (Å²) in [4.78, 5) is 23.6. The molecule has 0 saturated carbocycles. The Labute approximate surface area is 220 Å². The number of amides is 1. The average Bonchev–Trinajstić information content (AvgIpc) is 2.91. The van der Waals surface area contributed by atoms with Crippen LogP contribution in [-0.2, 0) is 6.42 Å². The van der Waals surface area contributed by atoms with Crippen LogP contribution >= 0.6 is 0 Å². The molecule has 3 aromatic rings. The van der Waals surface area contributed by atoms with E-state index in [0.717, 1.165) is 91.0 Å². The number of hydrogen-bond acceptors (Lipinski definition) is 5. The average molecular weight is 499 g/mol. The van der Waals surface area contributed by atoms with Gasteiger partial charge in [0.15, 0.2) is 0 Å². The lowest BCUT2D eigenvalue weighted by atomic mass is 9.80. The summed E-state index contributed by atoms with van der Waals surface area (Å²) in [5, 5.41) is 4.18. The molecule has 2 heterocycles. The Kier molecular flexibility index (Phi) is 7.87. The number of benzene rings is 2. The standard InChI is InChI=1S/C31H38N4O2/c1-22-19-24(21-23-9-11-25(37-3)12-10-23)30-27(20-22)29(26-7-4-5-8-28(26)33-30)31(36)32-13-6-14-35-17-15-34(2)16-18-35/h4-5,7-12,21-22H,6,13-20H2,1-3H3,(H,32,36). The molecule has 1 aliphatic heterocycles. The highest BCUT2D eigenvalue weighted by Gasteiger charge is 2.28. The van der Waals surface area contributed by atoms with Crippen LogP contribution < -0.4 is 10.1 Å². The fourth-order valence-corrected chi connectivity index (χ4v) is 5.56. The molecule has 6 heteroatoms. The first-order valence-electron chi connectivity index (χ1n) is 13.5. The quantitative estimate of drug-likeness (QED) is 0.477. The molecule has 2 aromatic carbocycles. The number of para-hydroxylation sites is 1. The number of allylic oxidation sites excluding steroid dienone is 1. The molecular weight excluding hydrogens is 460 g/mol. The van der Waals surface area contributed by atoms with Crippen molar-refractivity contribution in [3.63, 3.8) is 0 Å². The number of likely N-dealkylation sites (N-methyl/N-ethyl adjacent to an activating group) is 1. The number of carbonyl (C=O) groups excluding carboxylic acids is 1. The maximum Gasteiger partial charge on any atom is 0.252 e. The summed E-state index contributed by atoms with van der Waals surface area (Å²) in [7, 11) is 3.86. The lowest BCUT2D eigenvalue weighted by molar-refractivity contribution is 0.0950. The third-order valence-corrected chi connectivity index (χ3v) is 7.63. The molecule has 1 atom stereocenters. The van der Waals surface area contributed by atoms with Crippen LogP contribution in [0.1, 0.15) is 46.9 Å². The van der Waals surface area contributed by atoms with E-state index in [1.807, 2.05) is 36.4 Å². The Morgan fingerprint density at radius 2 is 1.84 bits per heavy atom. The van der Waals surface area contributed by atoms with Gasteiger partial charge in [0.2, 0.25) is 0 Å². The van der Waals surface area contributed by atoms with E-state index in [0.29, 0.717) is 12.5 Å². The molecule has 1 unspecified atom stereocenters. The summed E-state index contributed by atoms with van der Waals surface area (Å²) in [6, 6.07) is 16.2. The van der Waals surface area contributed by atoms with Gasteiger partial charge in [0, 0.05) is 38.1 Å². The van der Waals surface area contributed by atoms with Gasteiger partial charge in [-0.2, -0.15) is 0 Å². The maximum atomic E-state index is 13.7. The van der Waals surface area contributed by atoms with Gasteiger partial charge in [0.25, 0.3) is 5.91 Å². The van der Waals surface area contributed by atoms with E-state index in [4.69, 9.17) is 9.72 Å². The van der Waals surface area contributed by atoms with Crippen molar-refractivity contribution in [2.45, 2.75) is 26.2 Å². The first kappa shape index (κ1) is 25.4. The molecule has 1 aromatic heterocycles. The molecule has 1 N–H and O–H groups in total. The van der Waals surface area contributed by atoms with Crippen LogP contribution in [0.15, 0.2) is 48.5 Å². The van der Waals surface area contributed by atoms with E-state index in [1.54, 1.807) is 7.11 Å². The van der Waals surface area contributed by atoms with Gasteiger partial charge in [-0.1, -0.05) is 37.3 Å². The molecule has 1 aliphatic carbocycles. The van der Waals surface area contributed by atoms with Gasteiger partial charge in [-0.25, -0.2) is 4.98 Å². The molecule has 5 rings (SSSR count). The minimum Gasteiger partial charge on any atom is -0.497 e. The number of methoxy groups -OCH3 is 1. The number of pyridine rings is 1. The van der Waals surface area contributed by atoms with Gasteiger partial charge in [-0.05, 0) is 79.7 Å². The molecule has 1 amide bonds. The van der Waals surface area contributed by atoms with Crippen LogP contribution in [0.4, 0.5) is 0 Å². The van der Waals surface area contributed by atoms with E-state index in [-0.39, 0.29) is 5.91 Å². The normalized spacial score (nSPS) is 19.6. The van der Waals surface area contributed by atoms with Gasteiger partial charge in [0.05, 0.1) is 23.9 Å². The van der Waals surface area contributed by atoms with Crippen LogP contribution in [0.3, 0.4) is 0 Å². The minimum atomic E-state index is 0.0196. The van der Waals surface area contributed by atoms with E-state index < -0.39 is 0 Å². The highest BCUT2D eigenvalue weighted by molar-refractivity contribution is 6.09. The third kappa shape index (κ3) is 5.86. The first-order valence-corrected chi connectivity index (χ1v) is 13.5. The Balaban J connectivity index is 1.41. The van der Waals surface area contributed by atoms with Crippen molar-refractivity contribution in [3.05, 3.63) is 70.9 Å². The zero-order valence-electron chi connectivity index (χ0n) is 22.3. The fraction of sp³-hybridized carbons (Fsp3) is 0.419. The van der Waals surface area contributed by atoms with Crippen molar-refractivity contribution >= 4 is 28.5 Å². The molecule has 1 fully saturated rings. The number of ether oxygens (including phenoxy) is 1. The van der Waals surface area contributed by atoms with Crippen molar-refractivity contribution < 1.29 is 9.53 Å². The zero-order chi connectivity index (χ0) is 25.8. The fourth-order valence-electron chi connectivity index (χ4n) is 5.56. The predicted octanol–water partition coefficient (Wildman–Crippen LogP) is 4.73. The van der Waals surface area contributed by atoms with Gasteiger partial charge in [-0.3, -0.25) is 4.79 Å². The van der Waals surface area contributed by atoms with Gasteiger partial charge < -0.3 is 19.9 Å². The minimum absolute atomic E-state index is 0.0196. The number of carbonyl (C=O) groups is 1. The van der Waals surface area contributed by atoms with Crippen molar-refractivity contribution in [2.75, 3.05) is 53.4 Å². The van der Waals surface area contributed by atoms with Crippen molar-refractivity contribution in [2.24, 2.45) is 5.92 Å². The van der Waals surface area contributed by atoms with Gasteiger partial charge in [-0.15, -0.1) is 0 Å². The van der Waals surface area contributed by atoms with Crippen molar-refractivity contribution in [3.8, 4) is 5.75 Å². The van der Waals surface area contributed by atoms with E-state index >= 15 is 0 Å². The topological polar surface area (TPSA) is 57.7 Å². The summed E-state index contributed by atoms with van der Waals surface area (Å²) < 4.78 is 5.32. The number of hydrogen-bond donors (Lipinski definition) is 1. The Morgan fingerprint density at radius 3 is 2.59 bits per heavy atom. The molecule has 6 nitrogen and oxygen atoms in total. The zero-order valence-corrected chi connectivity index (χ0v) is 22.3. The maximum absolute atomic E-state index is 13.7. The van der Waals surface area contributed by atoms with E-state index in [1.165, 1.54) is 5.57 Å². The van der Waals surface area contributed by atoms with E-state index in [2.05, 4.69) is 47.3 Å². The SMILES string of the molecule is COc1ccc(C=C2CC(C)Cc3c2nc2ccccc2c3C(=O)NCCCN2CCN(C)CC2)cc1. The third-order valence-electron chi connectivity index (χ3n) is 7.63. The lowest BCUT2D eigenvalue weighted by Crippen LogP contribution is -2.45. The second kappa shape index (κ2) is 11.4. The summed E-state index contributed by atoms with van der Waals surface area (Å²) in [6.07, 6.45) is 4.97. The Hall–Kier alpha value is -3.22. The Bertz CT molecular complexity index is 1280. The van der Waals surface area contributed by atoms with Crippen molar-refractivity contribution in [1.29, 1.82) is 0 Å². The van der Waals surface area contributed by atoms with Crippen LogP contribution in [-0.4, -0.2) is 74.1 Å². The summed E-state index contributed by atoms with van der Waals surface area (Å²) in [5.41, 5.74) is 6.02. The number of nitrogens with zero attached hydrogens (tertiary/aromatic N) is 3. The number of fused-ring (bicyclic) bond motifs is 2. The second-order valence-corrected chi connectivity index (χ2v) is 10.5. The molecular formula is C31H38N4O2. The molecule has 0 radical (unpaired) electrons. The van der Waals surface area contributed by atoms with Crippen LogP contribution in [0.25, 0.3) is 22.6 Å². The summed E-state index contributed by atoms with van der Waals surface area (Å²) in [6.45, 7) is 8.41. The summed E-state index contributed by atoms with van der Waals surface area (Å²) >= 11 is 0. The monoisotopic (exact) mass is 498 g/mol. The summed E-state index contributed by atoms with van der Waals surface area (Å²) in [5.74, 6) is 1.30. The van der Waals surface area contributed by atoms with E-state index in [9.17, 15) is 4.79 Å². The highest BCUT2D eigenvalue weighted by atomic mass is 16.5. The van der Waals surface area contributed by atoms with Crippen LogP contribution in [0.5, 0.6) is 5.75 Å². The number of aromatic nitrogens is 1.